The van der Waals surface area contributed by atoms with Crippen molar-refractivity contribution in [2.24, 2.45) is 0 Å². The third kappa shape index (κ3) is 12.5. The zero-order valence-electron chi connectivity index (χ0n) is 17.9. The van der Waals surface area contributed by atoms with Crippen molar-refractivity contribution in [3.05, 3.63) is 35.9 Å². The van der Waals surface area contributed by atoms with Gasteiger partial charge in [-0.1, -0.05) is 89.1 Å². The Kier molecular flexibility index (Phi) is 14.0. The van der Waals surface area contributed by atoms with Gasteiger partial charge in [-0.3, -0.25) is 9.59 Å². The minimum Gasteiger partial charge on any atom is -0.466 e. The SMILES string of the molecule is CCCCCCCCCCOC(=O)CCCC(=O)NCC(C)c1ccccc1. The molecular formula is C24H39NO3. The van der Waals surface area contributed by atoms with Crippen molar-refractivity contribution in [1.29, 1.82) is 0 Å². The van der Waals surface area contributed by atoms with Gasteiger partial charge in [0.2, 0.25) is 5.91 Å². The summed E-state index contributed by atoms with van der Waals surface area (Å²) < 4.78 is 5.25. The number of esters is 1. The fraction of sp³-hybridized carbons (Fsp3) is 0.667. The lowest BCUT2D eigenvalue weighted by atomic mass is 10.0. The van der Waals surface area contributed by atoms with E-state index >= 15 is 0 Å². The van der Waals surface area contributed by atoms with Crippen LogP contribution in [-0.2, 0) is 14.3 Å². The molecule has 4 heteroatoms. The highest BCUT2D eigenvalue weighted by Gasteiger charge is 2.09. The lowest BCUT2D eigenvalue weighted by Gasteiger charge is -2.13. The number of ether oxygens (including phenoxy) is 1. The van der Waals surface area contributed by atoms with Gasteiger partial charge in [0.1, 0.15) is 0 Å². The van der Waals surface area contributed by atoms with Gasteiger partial charge in [0.05, 0.1) is 6.61 Å². The van der Waals surface area contributed by atoms with Gasteiger partial charge in [0.25, 0.3) is 0 Å². The second-order valence-corrected chi connectivity index (χ2v) is 7.66. The molecule has 1 aromatic carbocycles. The number of carbonyl (C=O) groups is 2. The van der Waals surface area contributed by atoms with Crippen LogP contribution in [0.5, 0.6) is 0 Å². The standard InChI is InChI=1S/C24H39NO3/c1-3-4-5-6-7-8-9-13-19-28-24(27)18-14-17-23(26)25-20-21(2)22-15-11-10-12-16-22/h10-12,15-16,21H,3-9,13-14,17-20H2,1-2H3,(H,25,26). The molecule has 1 atom stereocenters. The average molecular weight is 390 g/mol. The van der Waals surface area contributed by atoms with Crippen molar-refractivity contribution >= 4 is 11.9 Å². The first-order valence-electron chi connectivity index (χ1n) is 11.1. The quantitative estimate of drug-likeness (QED) is 0.289. The molecule has 0 bridgehead atoms. The maximum Gasteiger partial charge on any atom is 0.305 e. The number of benzene rings is 1. The van der Waals surface area contributed by atoms with Crippen molar-refractivity contribution in [2.45, 2.75) is 90.4 Å². The van der Waals surface area contributed by atoms with Crippen LogP contribution in [0.1, 0.15) is 96.0 Å². The molecule has 0 radical (unpaired) electrons. The molecule has 158 valence electrons. The van der Waals surface area contributed by atoms with E-state index in [1.807, 2.05) is 18.2 Å². The molecule has 0 saturated carbocycles. The van der Waals surface area contributed by atoms with E-state index in [2.05, 4.69) is 31.3 Å². The number of nitrogens with one attached hydrogen (secondary N) is 1. The number of hydrogen-bond acceptors (Lipinski definition) is 3. The van der Waals surface area contributed by atoms with Crippen LogP contribution in [0.4, 0.5) is 0 Å². The maximum atomic E-state index is 11.9. The topological polar surface area (TPSA) is 55.4 Å². The first-order valence-corrected chi connectivity index (χ1v) is 11.1. The van der Waals surface area contributed by atoms with Gasteiger partial charge < -0.3 is 10.1 Å². The molecule has 0 heterocycles. The van der Waals surface area contributed by atoms with E-state index in [-0.39, 0.29) is 17.8 Å². The summed E-state index contributed by atoms with van der Waals surface area (Å²) in [6.45, 7) is 5.45. The highest BCUT2D eigenvalue weighted by molar-refractivity contribution is 5.77. The molecule has 1 N–H and O–H groups in total. The molecule has 0 aromatic heterocycles. The van der Waals surface area contributed by atoms with Crippen LogP contribution in [0.3, 0.4) is 0 Å². The summed E-state index contributed by atoms with van der Waals surface area (Å²) in [4.78, 5) is 23.7. The van der Waals surface area contributed by atoms with E-state index < -0.39 is 0 Å². The van der Waals surface area contributed by atoms with Gasteiger partial charge in [0, 0.05) is 19.4 Å². The molecule has 0 fully saturated rings. The first-order chi connectivity index (χ1) is 13.6. The number of unbranched alkanes of at least 4 members (excludes halogenated alkanes) is 7. The monoisotopic (exact) mass is 389 g/mol. The van der Waals surface area contributed by atoms with Gasteiger partial charge >= 0.3 is 5.97 Å². The van der Waals surface area contributed by atoms with Crippen molar-refractivity contribution in [3.8, 4) is 0 Å². The highest BCUT2D eigenvalue weighted by atomic mass is 16.5. The first kappa shape index (κ1) is 24.2. The van der Waals surface area contributed by atoms with Crippen LogP contribution in [0.15, 0.2) is 30.3 Å². The predicted molar refractivity (Wildman–Crippen MR) is 115 cm³/mol. The number of rotatable bonds is 16. The Morgan fingerprint density at radius 3 is 2.21 bits per heavy atom. The summed E-state index contributed by atoms with van der Waals surface area (Å²) in [5.74, 6) is 0.0915. The minimum absolute atomic E-state index is 0.00125. The summed E-state index contributed by atoms with van der Waals surface area (Å²) >= 11 is 0. The van der Waals surface area contributed by atoms with E-state index in [4.69, 9.17) is 4.74 Å². The van der Waals surface area contributed by atoms with E-state index in [1.165, 1.54) is 44.1 Å². The Morgan fingerprint density at radius 1 is 0.893 bits per heavy atom. The molecular weight excluding hydrogens is 350 g/mol. The highest BCUT2D eigenvalue weighted by Crippen LogP contribution is 2.13. The van der Waals surface area contributed by atoms with Crippen LogP contribution >= 0.6 is 0 Å². The van der Waals surface area contributed by atoms with Crippen LogP contribution in [-0.4, -0.2) is 25.0 Å². The molecule has 0 spiro atoms. The second kappa shape index (κ2) is 16.1. The zero-order valence-corrected chi connectivity index (χ0v) is 17.9. The fourth-order valence-corrected chi connectivity index (χ4v) is 3.14. The third-order valence-corrected chi connectivity index (χ3v) is 5.02. The van der Waals surface area contributed by atoms with Crippen LogP contribution in [0, 0.1) is 0 Å². The van der Waals surface area contributed by atoms with E-state index in [1.54, 1.807) is 0 Å². The van der Waals surface area contributed by atoms with Crippen molar-refractivity contribution in [3.63, 3.8) is 0 Å². The third-order valence-electron chi connectivity index (χ3n) is 5.02. The van der Waals surface area contributed by atoms with E-state index in [0.29, 0.717) is 32.4 Å². The van der Waals surface area contributed by atoms with Crippen LogP contribution in [0.2, 0.25) is 0 Å². The smallest absolute Gasteiger partial charge is 0.305 e. The predicted octanol–water partition coefficient (Wildman–Crippen LogP) is 5.76. The van der Waals surface area contributed by atoms with Gasteiger partial charge in [-0.25, -0.2) is 0 Å². The van der Waals surface area contributed by atoms with E-state index in [0.717, 1.165) is 12.8 Å². The molecule has 0 aliphatic rings. The van der Waals surface area contributed by atoms with Crippen LogP contribution < -0.4 is 5.32 Å². The summed E-state index contributed by atoms with van der Waals surface area (Å²) in [5, 5.41) is 2.95. The Labute approximate surface area is 171 Å². The molecule has 0 aliphatic carbocycles. The fourth-order valence-electron chi connectivity index (χ4n) is 3.14. The Bertz CT molecular complexity index is 530. The van der Waals surface area contributed by atoms with Crippen LogP contribution in [0.25, 0.3) is 0 Å². The zero-order chi connectivity index (χ0) is 20.5. The van der Waals surface area contributed by atoms with Crippen molar-refractivity contribution in [1.82, 2.24) is 5.32 Å². The van der Waals surface area contributed by atoms with Gasteiger partial charge in [-0.15, -0.1) is 0 Å². The summed E-state index contributed by atoms with van der Waals surface area (Å²) in [7, 11) is 0. The molecule has 1 aromatic rings. The number of hydrogen-bond donors (Lipinski definition) is 1. The summed E-state index contributed by atoms with van der Waals surface area (Å²) in [6.07, 6.45) is 11.1. The minimum atomic E-state index is -0.187. The van der Waals surface area contributed by atoms with E-state index in [9.17, 15) is 9.59 Å². The molecule has 1 rings (SSSR count). The normalized spacial score (nSPS) is 11.8. The molecule has 1 amide bonds. The molecule has 0 aliphatic heterocycles. The molecule has 28 heavy (non-hydrogen) atoms. The molecule has 0 saturated heterocycles. The molecule has 1 unspecified atom stereocenters. The number of amides is 1. The second-order valence-electron chi connectivity index (χ2n) is 7.66. The van der Waals surface area contributed by atoms with Gasteiger partial charge in [-0.2, -0.15) is 0 Å². The Balaban J connectivity index is 1.95. The Hall–Kier alpha value is -1.84. The van der Waals surface area contributed by atoms with Crippen molar-refractivity contribution < 1.29 is 14.3 Å². The molecule has 4 nitrogen and oxygen atoms in total. The largest absolute Gasteiger partial charge is 0.466 e. The average Bonchev–Trinajstić information content (AvgIpc) is 2.71. The maximum absolute atomic E-state index is 11.9. The number of carbonyl (C=O) groups excluding carboxylic acids is 2. The van der Waals surface area contributed by atoms with Gasteiger partial charge in [0.15, 0.2) is 0 Å². The summed E-state index contributed by atoms with van der Waals surface area (Å²) in [6, 6.07) is 10.1. The lowest BCUT2D eigenvalue weighted by Crippen LogP contribution is -2.27. The Morgan fingerprint density at radius 2 is 1.54 bits per heavy atom. The van der Waals surface area contributed by atoms with Crippen molar-refractivity contribution in [2.75, 3.05) is 13.2 Å². The lowest BCUT2D eigenvalue weighted by molar-refractivity contribution is -0.143. The van der Waals surface area contributed by atoms with Gasteiger partial charge in [-0.05, 0) is 24.3 Å². The summed E-state index contributed by atoms with van der Waals surface area (Å²) in [5.41, 5.74) is 1.22.